The van der Waals surface area contributed by atoms with Crippen LogP contribution < -0.4 is 5.32 Å². The van der Waals surface area contributed by atoms with Gasteiger partial charge in [0, 0.05) is 12.6 Å². The summed E-state index contributed by atoms with van der Waals surface area (Å²) in [5.74, 6) is -1.12. The van der Waals surface area contributed by atoms with Gasteiger partial charge in [-0.05, 0) is 12.3 Å². The summed E-state index contributed by atoms with van der Waals surface area (Å²) in [6.45, 7) is 5.08. The summed E-state index contributed by atoms with van der Waals surface area (Å²) in [6, 6.07) is -1.67. The van der Waals surface area contributed by atoms with Crippen LogP contribution in [-0.2, 0) is 4.79 Å². The standard InChI is InChI=1S/C12H21F3N2O3/c1-5-17(7-12(13,14)15)10(20)16-8(6-9(18)19)11(2,3)4/h8H,5-7H2,1-4H3,(H,16,20)(H,18,19). The molecule has 0 aliphatic rings. The zero-order chi connectivity index (χ0) is 16.1. The fourth-order valence-corrected chi connectivity index (χ4v) is 1.53. The summed E-state index contributed by atoms with van der Waals surface area (Å²) in [4.78, 5) is 23.2. The van der Waals surface area contributed by atoms with Crippen LogP contribution in [-0.4, -0.2) is 47.3 Å². The first-order valence-corrected chi connectivity index (χ1v) is 6.20. The zero-order valence-electron chi connectivity index (χ0n) is 12.0. The fraction of sp³-hybridized carbons (Fsp3) is 0.833. The average Bonchev–Trinajstić information content (AvgIpc) is 2.21. The van der Waals surface area contributed by atoms with Gasteiger partial charge in [-0.15, -0.1) is 0 Å². The number of rotatable bonds is 5. The van der Waals surface area contributed by atoms with Crippen LogP contribution in [0.15, 0.2) is 0 Å². The van der Waals surface area contributed by atoms with Gasteiger partial charge in [-0.25, -0.2) is 4.79 Å². The first-order valence-electron chi connectivity index (χ1n) is 6.20. The lowest BCUT2D eigenvalue weighted by Crippen LogP contribution is -2.52. The van der Waals surface area contributed by atoms with Gasteiger partial charge in [0.25, 0.3) is 0 Å². The molecular weight excluding hydrogens is 277 g/mol. The molecule has 0 aromatic rings. The average molecular weight is 298 g/mol. The Hall–Kier alpha value is -1.47. The summed E-state index contributed by atoms with van der Waals surface area (Å²) >= 11 is 0. The molecule has 0 radical (unpaired) electrons. The van der Waals surface area contributed by atoms with E-state index in [1.165, 1.54) is 6.92 Å². The number of carbonyl (C=O) groups excluding carboxylic acids is 1. The number of amides is 2. The van der Waals surface area contributed by atoms with Gasteiger partial charge >= 0.3 is 18.2 Å². The van der Waals surface area contributed by atoms with Gasteiger partial charge < -0.3 is 15.3 Å². The zero-order valence-corrected chi connectivity index (χ0v) is 12.0. The third kappa shape index (κ3) is 7.20. The molecule has 0 aromatic carbocycles. The predicted molar refractivity (Wildman–Crippen MR) is 67.3 cm³/mol. The Labute approximate surface area is 116 Å². The van der Waals surface area contributed by atoms with E-state index in [-0.39, 0.29) is 13.0 Å². The highest BCUT2D eigenvalue weighted by Gasteiger charge is 2.34. The molecule has 0 spiro atoms. The molecule has 0 rings (SSSR count). The number of nitrogens with zero attached hydrogens (tertiary/aromatic N) is 1. The van der Waals surface area contributed by atoms with Crippen LogP contribution in [0.3, 0.4) is 0 Å². The second kappa shape index (κ2) is 6.81. The number of halogens is 3. The third-order valence-corrected chi connectivity index (χ3v) is 2.76. The van der Waals surface area contributed by atoms with Gasteiger partial charge in [-0.1, -0.05) is 20.8 Å². The number of hydrogen-bond donors (Lipinski definition) is 2. The van der Waals surface area contributed by atoms with Crippen LogP contribution in [0.2, 0.25) is 0 Å². The van der Waals surface area contributed by atoms with Crippen LogP contribution in [0.25, 0.3) is 0 Å². The Kier molecular flexibility index (Phi) is 6.31. The van der Waals surface area contributed by atoms with Gasteiger partial charge in [-0.3, -0.25) is 4.79 Å². The van der Waals surface area contributed by atoms with Gasteiger partial charge in [0.1, 0.15) is 6.54 Å². The number of carboxylic acids is 1. The van der Waals surface area contributed by atoms with Crippen molar-refractivity contribution in [2.75, 3.05) is 13.1 Å². The van der Waals surface area contributed by atoms with E-state index in [9.17, 15) is 22.8 Å². The Balaban J connectivity index is 4.85. The van der Waals surface area contributed by atoms with Gasteiger partial charge in [0.05, 0.1) is 6.42 Å². The highest BCUT2D eigenvalue weighted by Crippen LogP contribution is 2.23. The molecule has 2 amide bonds. The normalized spacial score (nSPS) is 13.8. The molecule has 118 valence electrons. The van der Waals surface area contributed by atoms with Crippen molar-refractivity contribution in [1.29, 1.82) is 0 Å². The van der Waals surface area contributed by atoms with Crippen molar-refractivity contribution in [1.82, 2.24) is 10.2 Å². The molecule has 2 N–H and O–H groups in total. The van der Waals surface area contributed by atoms with Gasteiger partial charge in [-0.2, -0.15) is 13.2 Å². The van der Waals surface area contributed by atoms with Crippen LogP contribution in [0.4, 0.5) is 18.0 Å². The smallest absolute Gasteiger partial charge is 0.406 e. The van der Waals surface area contributed by atoms with Crippen molar-refractivity contribution >= 4 is 12.0 Å². The number of aliphatic carboxylic acids is 1. The molecule has 0 bridgehead atoms. The van der Waals surface area contributed by atoms with Crippen LogP contribution in [0, 0.1) is 5.41 Å². The van der Waals surface area contributed by atoms with Gasteiger partial charge in [0.2, 0.25) is 0 Å². The van der Waals surface area contributed by atoms with Crippen molar-refractivity contribution in [3.05, 3.63) is 0 Å². The second-order valence-electron chi connectivity index (χ2n) is 5.60. The maximum absolute atomic E-state index is 12.3. The summed E-state index contributed by atoms with van der Waals surface area (Å²) in [6.07, 6.45) is -4.84. The van der Waals surface area contributed by atoms with E-state index in [0.29, 0.717) is 4.90 Å². The van der Waals surface area contributed by atoms with Crippen LogP contribution >= 0.6 is 0 Å². The summed E-state index contributed by atoms with van der Waals surface area (Å²) in [5, 5.41) is 11.2. The monoisotopic (exact) mass is 298 g/mol. The first-order chi connectivity index (χ1) is 8.86. The second-order valence-corrected chi connectivity index (χ2v) is 5.60. The Bertz CT molecular complexity index is 351. The largest absolute Gasteiger partial charge is 0.481 e. The van der Waals surface area contributed by atoms with E-state index in [1.807, 2.05) is 0 Å². The van der Waals surface area contributed by atoms with E-state index in [2.05, 4.69) is 5.32 Å². The molecule has 0 heterocycles. The Morgan fingerprint density at radius 3 is 2.05 bits per heavy atom. The number of alkyl halides is 3. The SMILES string of the molecule is CCN(CC(F)(F)F)C(=O)NC(CC(=O)O)C(C)(C)C. The molecular formula is C12H21F3N2O3. The minimum Gasteiger partial charge on any atom is -0.481 e. The maximum Gasteiger partial charge on any atom is 0.406 e. The van der Waals surface area contributed by atoms with Gasteiger partial charge in [0.15, 0.2) is 0 Å². The van der Waals surface area contributed by atoms with E-state index in [1.54, 1.807) is 20.8 Å². The Morgan fingerprint density at radius 1 is 1.25 bits per heavy atom. The minimum atomic E-state index is -4.49. The third-order valence-electron chi connectivity index (χ3n) is 2.76. The predicted octanol–water partition coefficient (Wildman–Crippen LogP) is 2.47. The molecule has 0 saturated heterocycles. The van der Waals surface area contributed by atoms with E-state index in [0.717, 1.165) is 0 Å². The van der Waals surface area contributed by atoms with Crippen molar-refractivity contribution in [2.24, 2.45) is 5.41 Å². The van der Waals surface area contributed by atoms with E-state index < -0.39 is 36.2 Å². The lowest BCUT2D eigenvalue weighted by Gasteiger charge is -2.33. The maximum atomic E-state index is 12.3. The molecule has 8 heteroatoms. The quantitative estimate of drug-likeness (QED) is 0.819. The number of urea groups is 1. The molecule has 20 heavy (non-hydrogen) atoms. The highest BCUT2D eigenvalue weighted by atomic mass is 19.4. The minimum absolute atomic E-state index is 0.116. The first kappa shape index (κ1) is 18.5. The van der Waals surface area contributed by atoms with Crippen molar-refractivity contribution < 1.29 is 27.9 Å². The lowest BCUT2D eigenvalue weighted by atomic mass is 9.85. The number of carbonyl (C=O) groups is 2. The molecule has 0 aromatic heterocycles. The number of hydrogen-bond acceptors (Lipinski definition) is 2. The molecule has 0 saturated carbocycles. The van der Waals surface area contributed by atoms with Crippen LogP contribution in [0.1, 0.15) is 34.1 Å². The van der Waals surface area contributed by atoms with Crippen molar-refractivity contribution in [3.63, 3.8) is 0 Å². The van der Waals surface area contributed by atoms with E-state index >= 15 is 0 Å². The summed E-state index contributed by atoms with van der Waals surface area (Å²) < 4.78 is 37.0. The Morgan fingerprint density at radius 2 is 1.75 bits per heavy atom. The highest BCUT2D eigenvalue weighted by molar-refractivity contribution is 5.76. The van der Waals surface area contributed by atoms with Crippen molar-refractivity contribution in [2.45, 2.75) is 46.3 Å². The fourth-order valence-electron chi connectivity index (χ4n) is 1.53. The number of carboxylic acid groups (broad SMARTS) is 1. The molecule has 5 nitrogen and oxygen atoms in total. The topological polar surface area (TPSA) is 69.6 Å². The van der Waals surface area contributed by atoms with Crippen LogP contribution in [0.5, 0.6) is 0 Å². The molecule has 0 fully saturated rings. The number of nitrogens with one attached hydrogen (secondary N) is 1. The summed E-state index contributed by atoms with van der Waals surface area (Å²) in [5.41, 5.74) is -0.578. The molecule has 0 aliphatic heterocycles. The lowest BCUT2D eigenvalue weighted by molar-refractivity contribution is -0.141. The van der Waals surface area contributed by atoms with E-state index in [4.69, 9.17) is 5.11 Å². The summed E-state index contributed by atoms with van der Waals surface area (Å²) in [7, 11) is 0. The van der Waals surface area contributed by atoms with Crippen molar-refractivity contribution in [3.8, 4) is 0 Å². The molecule has 1 atom stereocenters. The molecule has 1 unspecified atom stereocenters. The molecule has 0 aliphatic carbocycles.